The number of fused-ring (bicyclic) bond motifs is 1. The van der Waals surface area contributed by atoms with Crippen LogP contribution in [0, 0.1) is 0 Å². The van der Waals surface area contributed by atoms with Crippen molar-refractivity contribution in [3.8, 4) is 5.75 Å². The lowest BCUT2D eigenvalue weighted by Gasteiger charge is -2.06. The second kappa shape index (κ2) is 4.82. The number of nitrogen functional groups attached to an aromatic ring is 1. The third kappa shape index (κ3) is 2.48. The smallest absolute Gasteiger partial charge is 0.174 e. The summed E-state index contributed by atoms with van der Waals surface area (Å²) in [4.78, 5) is 0. The van der Waals surface area contributed by atoms with Crippen molar-refractivity contribution in [3.63, 3.8) is 0 Å². The molecule has 5 heteroatoms. The van der Waals surface area contributed by atoms with Crippen LogP contribution in [0.4, 0.5) is 5.82 Å². The first kappa shape index (κ1) is 11.9. The topological polar surface area (TPSA) is 61.3 Å². The van der Waals surface area contributed by atoms with Crippen LogP contribution in [0.1, 0.15) is 5.56 Å². The Balaban J connectivity index is 1.76. The van der Waals surface area contributed by atoms with E-state index in [1.54, 1.807) is 12.1 Å². The predicted molar refractivity (Wildman–Crippen MR) is 74.2 cm³/mol. The summed E-state index contributed by atoms with van der Waals surface area (Å²) in [6, 6.07) is 12.9. The van der Waals surface area contributed by atoms with Crippen molar-refractivity contribution < 1.29 is 9.26 Å². The zero-order valence-corrected chi connectivity index (χ0v) is 10.7. The standard InChI is InChI=1S/C14H11ClN2O2/c15-10-2-4-11(5-3-10)18-8-9-1-6-12-13(7-9)19-17-14(12)16/h1-7H,8H2,(H2,16,17). The molecule has 3 rings (SSSR count). The fourth-order valence-corrected chi connectivity index (χ4v) is 1.91. The van der Waals surface area contributed by atoms with Gasteiger partial charge in [0, 0.05) is 5.02 Å². The van der Waals surface area contributed by atoms with E-state index in [1.165, 1.54) is 0 Å². The van der Waals surface area contributed by atoms with Crippen LogP contribution >= 0.6 is 11.6 Å². The van der Waals surface area contributed by atoms with E-state index >= 15 is 0 Å². The molecule has 0 aliphatic rings. The Kier molecular flexibility index (Phi) is 3.01. The van der Waals surface area contributed by atoms with E-state index < -0.39 is 0 Å². The summed E-state index contributed by atoms with van der Waals surface area (Å²) in [6.45, 7) is 0.443. The van der Waals surface area contributed by atoms with Gasteiger partial charge in [0.2, 0.25) is 0 Å². The van der Waals surface area contributed by atoms with Gasteiger partial charge < -0.3 is 15.0 Å². The molecule has 2 aromatic carbocycles. The summed E-state index contributed by atoms with van der Waals surface area (Å²) in [5.41, 5.74) is 7.30. The van der Waals surface area contributed by atoms with E-state index in [0.717, 1.165) is 16.7 Å². The Morgan fingerprint density at radius 1 is 1.16 bits per heavy atom. The number of anilines is 1. The minimum absolute atomic E-state index is 0.403. The molecule has 0 bridgehead atoms. The first-order valence-electron chi connectivity index (χ1n) is 5.74. The number of hydrogen-bond donors (Lipinski definition) is 1. The molecular formula is C14H11ClN2O2. The van der Waals surface area contributed by atoms with E-state index in [9.17, 15) is 0 Å². The number of benzene rings is 2. The zero-order valence-electron chi connectivity index (χ0n) is 9.97. The lowest BCUT2D eigenvalue weighted by molar-refractivity contribution is 0.306. The van der Waals surface area contributed by atoms with Crippen LogP contribution in [0.15, 0.2) is 47.0 Å². The lowest BCUT2D eigenvalue weighted by atomic mass is 10.2. The van der Waals surface area contributed by atoms with Crippen molar-refractivity contribution in [2.24, 2.45) is 0 Å². The number of ether oxygens (including phenoxy) is 1. The largest absolute Gasteiger partial charge is 0.489 e. The summed E-state index contributed by atoms with van der Waals surface area (Å²) in [5.74, 6) is 1.17. The maximum absolute atomic E-state index is 5.81. The van der Waals surface area contributed by atoms with Gasteiger partial charge in [-0.2, -0.15) is 0 Å². The molecule has 4 nitrogen and oxygen atoms in total. The molecule has 3 aromatic rings. The Morgan fingerprint density at radius 2 is 1.95 bits per heavy atom. The van der Waals surface area contributed by atoms with Crippen molar-refractivity contribution in [1.29, 1.82) is 0 Å². The molecule has 2 N–H and O–H groups in total. The van der Waals surface area contributed by atoms with Crippen LogP contribution < -0.4 is 10.5 Å². The fraction of sp³-hybridized carbons (Fsp3) is 0.0714. The van der Waals surface area contributed by atoms with E-state index in [0.29, 0.717) is 23.0 Å². The molecule has 0 atom stereocenters. The van der Waals surface area contributed by atoms with Crippen LogP contribution in [0.5, 0.6) is 5.75 Å². The molecule has 19 heavy (non-hydrogen) atoms. The Hall–Kier alpha value is -2.20. The second-order valence-corrected chi connectivity index (χ2v) is 4.58. The Labute approximate surface area is 114 Å². The maximum atomic E-state index is 5.81. The van der Waals surface area contributed by atoms with E-state index in [-0.39, 0.29) is 0 Å². The third-order valence-electron chi connectivity index (χ3n) is 2.78. The SMILES string of the molecule is Nc1noc2cc(COc3ccc(Cl)cc3)ccc12. The third-order valence-corrected chi connectivity index (χ3v) is 3.04. The highest BCUT2D eigenvalue weighted by atomic mass is 35.5. The van der Waals surface area contributed by atoms with Crippen molar-refractivity contribution in [2.75, 3.05) is 5.73 Å². The van der Waals surface area contributed by atoms with Gasteiger partial charge in [-0.25, -0.2) is 0 Å². The van der Waals surface area contributed by atoms with Gasteiger partial charge in [0.1, 0.15) is 12.4 Å². The average molecular weight is 275 g/mol. The monoisotopic (exact) mass is 274 g/mol. The number of nitrogens with two attached hydrogens (primary N) is 1. The summed E-state index contributed by atoms with van der Waals surface area (Å²) >= 11 is 5.81. The Bertz CT molecular complexity index is 707. The van der Waals surface area contributed by atoms with Gasteiger partial charge in [-0.3, -0.25) is 0 Å². The van der Waals surface area contributed by atoms with Gasteiger partial charge in [-0.15, -0.1) is 0 Å². The van der Waals surface area contributed by atoms with Gasteiger partial charge >= 0.3 is 0 Å². The molecule has 0 fully saturated rings. The first-order valence-corrected chi connectivity index (χ1v) is 6.12. The number of hydrogen-bond acceptors (Lipinski definition) is 4. The minimum atomic E-state index is 0.403. The van der Waals surface area contributed by atoms with Crippen LogP contribution in [-0.4, -0.2) is 5.16 Å². The number of halogens is 1. The Morgan fingerprint density at radius 3 is 2.74 bits per heavy atom. The molecular weight excluding hydrogens is 264 g/mol. The molecule has 0 aliphatic heterocycles. The molecule has 0 saturated heterocycles. The summed E-state index contributed by atoms with van der Waals surface area (Å²) < 4.78 is 10.8. The second-order valence-electron chi connectivity index (χ2n) is 4.14. The normalized spacial score (nSPS) is 10.8. The van der Waals surface area contributed by atoms with E-state index in [1.807, 2.05) is 30.3 Å². The average Bonchev–Trinajstić information content (AvgIpc) is 2.79. The summed E-state index contributed by atoms with van der Waals surface area (Å²) in [5, 5.41) is 5.21. The molecule has 0 amide bonds. The van der Waals surface area contributed by atoms with Crippen LogP contribution in [0.25, 0.3) is 11.0 Å². The quantitative estimate of drug-likeness (QED) is 0.792. The molecule has 0 spiro atoms. The highest BCUT2D eigenvalue weighted by molar-refractivity contribution is 6.30. The van der Waals surface area contributed by atoms with Gasteiger partial charge in [0.05, 0.1) is 5.39 Å². The molecule has 0 saturated carbocycles. The summed E-state index contributed by atoms with van der Waals surface area (Å²) in [7, 11) is 0. The molecule has 1 aromatic heterocycles. The minimum Gasteiger partial charge on any atom is -0.489 e. The zero-order chi connectivity index (χ0) is 13.2. The van der Waals surface area contributed by atoms with Gasteiger partial charge in [-0.05, 0) is 42.0 Å². The predicted octanol–water partition coefficient (Wildman–Crippen LogP) is 3.64. The van der Waals surface area contributed by atoms with Crippen molar-refractivity contribution in [1.82, 2.24) is 5.16 Å². The fourth-order valence-electron chi connectivity index (χ4n) is 1.79. The highest BCUT2D eigenvalue weighted by Gasteiger charge is 2.05. The number of nitrogens with zero attached hydrogens (tertiary/aromatic N) is 1. The molecule has 96 valence electrons. The van der Waals surface area contributed by atoms with Gasteiger partial charge in [-0.1, -0.05) is 22.8 Å². The summed E-state index contributed by atoms with van der Waals surface area (Å²) in [6.07, 6.45) is 0. The van der Waals surface area contributed by atoms with Crippen LogP contribution in [0.3, 0.4) is 0 Å². The maximum Gasteiger partial charge on any atom is 0.174 e. The highest BCUT2D eigenvalue weighted by Crippen LogP contribution is 2.22. The molecule has 1 heterocycles. The van der Waals surface area contributed by atoms with Crippen molar-refractivity contribution in [3.05, 3.63) is 53.1 Å². The molecule has 0 unspecified atom stereocenters. The van der Waals surface area contributed by atoms with Crippen LogP contribution in [-0.2, 0) is 6.61 Å². The lowest BCUT2D eigenvalue weighted by Crippen LogP contribution is -1.95. The van der Waals surface area contributed by atoms with E-state index in [4.69, 9.17) is 26.6 Å². The van der Waals surface area contributed by atoms with Crippen molar-refractivity contribution >= 4 is 28.4 Å². The number of rotatable bonds is 3. The van der Waals surface area contributed by atoms with E-state index in [2.05, 4.69) is 5.16 Å². The number of aromatic nitrogens is 1. The van der Waals surface area contributed by atoms with Crippen molar-refractivity contribution in [2.45, 2.75) is 6.61 Å². The first-order chi connectivity index (χ1) is 9.22. The molecule has 0 radical (unpaired) electrons. The van der Waals surface area contributed by atoms with Crippen LogP contribution in [0.2, 0.25) is 5.02 Å². The van der Waals surface area contributed by atoms with Gasteiger partial charge in [0.25, 0.3) is 0 Å². The van der Waals surface area contributed by atoms with Gasteiger partial charge in [0.15, 0.2) is 11.4 Å². The molecule has 0 aliphatic carbocycles.